The van der Waals surface area contributed by atoms with Gasteiger partial charge in [0.2, 0.25) is 0 Å². The van der Waals surface area contributed by atoms with Crippen molar-refractivity contribution in [2.24, 2.45) is 5.10 Å². The molecule has 0 unspecified atom stereocenters. The van der Waals surface area contributed by atoms with Gasteiger partial charge in [-0.3, -0.25) is 4.79 Å². The molecule has 1 aromatic heterocycles. The first-order chi connectivity index (χ1) is 12.0. The number of aryl methyl sites for hydroxylation is 1. The summed E-state index contributed by atoms with van der Waals surface area (Å²) in [5.74, 6) is 0.866. The van der Waals surface area contributed by atoms with Crippen LogP contribution in [0.3, 0.4) is 0 Å². The molecule has 2 aromatic rings. The zero-order chi connectivity index (χ0) is 18.4. The summed E-state index contributed by atoms with van der Waals surface area (Å²) in [5, 5.41) is 4.36. The molecule has 134 valence electrons. The Balaban J connectivity index is 2.14. The molecule has 0 aliphatic rings. The molecule has 0 saturated heterocycles. The van der Waals surface area contributed by atoms with Gasteiger partial charge in [-0.1, -0.05) is 18.3 Å². The summed E-state index contributed by atoms with van der Waals surface area (Å²) in [6, 6.07) is 3.60. The minimum Gasteiger partial charge on any atom is -0.493 e. The number of thiazole rings is 1. The van der Waals surface area contributed by atoms with E-state index in [0.29, 0.717) is 40.2 Å². The van der Waals surface area contributed by atoms with Crippen LogP contribution in [0, 0.1) is 0 Å². The Labute approximate surface area is 158 Å². The Morgan fingerprint density at radius 1 is 1.48 bits per heavy atom. The largest absolute Gasteiger partial charge is 0.493 e. The summed E-state index contributed by atoms with van der Waals surface area (Å²) in [5.41, 5.74) is 9.56. The average molecular weight is 427 g/mol. The number of hydrogen-bond acceptors (Lipinski definition) is 7. The Kier molecular flexibility index (Phi) is 6.77. The molecule has 0 spiro atoms. The third kappa shape index (κ3) is 4.70. The molecule has 0 atom stereocenters. The van der Waals surface area contributed by atoms with Gasteiger partial charge in [-0.2, -0.15) is 5.10 Å². The fourth-order valence-electron chi connectivity index (χ4n) is 2.10. The van der Waals surface area contributed by atoms with Gasteiger partial charge in [-0.25, -0.2) is 10.4 Å². The highest BCUT2D eigenvalue weighted by molar-refractivity contribution is 9.10. The number of nitrogens with two attached hydrogens (primary N) is 1. The maximum absolute atomic E-state index is 12.2. The minimum atomic E-state index is -0.334. The summed E-state index contributed by atoms with van der Waals surface area (Å²) in [7, 11) is 1.56. The van der Waals surface area contributed by atoms with E-state index in [9.17, 15) is 4.79 Å². The van der Waals surface area contributed by atoms with Crippen molar-refractivity contribution in [2.75, 3.05) is 19.5 Å². The molecule has 1 aromatic carbocycles. The number of ether oxygens (including phenoxy) is 2. The number of methoxy groups -OCH3 is 1. The monoisotopic (exact) mass is 426 g/mol. The lowest BCUT2D eigenvalue weighted by Crippen LogP contribution is -2.17. The highest BCUT2D eigenvalue weighted by Gasteiger charge is 2.15. The SMILES string of the molecule is CCOc1c(Br)cc(/C=N\NC(=O)c2sc(N)nc2CC)cc1OC. The van der Waals surface area contributed by atoms with Crippen LogP contribution >= 0.6 is 27.3 Å². The molecule has 3 N–H and O–H groups in total. The van der Waals surface area contributed by atoms with Crippen LogP contribution in [0.15, 0.2) is 21.7 Å². The summed E-state index contributed by atoms with van der Waals surface area (Å²) in [6.45, 7) is 4.34. The van der Waals surface area contributed by atoms with Gasteiger partial charge in [-0.15, -0.1) is 0 Å². The van der Waals surface area contributed by atoms with E-state index in [2.05, 4.69) is 31.4 Å². The Morgan fingerprint density at radius 3 is 2.88 bits per heavy atom. The van der Waals surface area contributed by atoms with E-state index in [0.717, 1.165) is 21.4 Å². The van der Waals surface area contributed by atoms with Gasteiger partial charge in [0.25, 0.3) is 5.91 Å². The molecular formula is C16H19BrN4O3S. The number of amides is 1. The molecule has 9 heteroatoms. The number of carbonyl (C=O) groups is 1. The van der Waals surface area contributed by atoms with Crippen molar-refractivity contribution in [1.82, 2.24) is 10.4 Å². The van der Waals surface area contributed by atoms with Gasteiger partial charge in [0.15, 0.2) is 16.6 Å². The van der Waals surface area contributed by atoms with Gasteiger partial charge in [0.05, 0.1) is 30.1 Å². The maximum atomic E-state index is 12.2. The number of halogens is 1. The second-order valence-corrected chi connectivity index (χ2v) is 6.73. The molecule has 0 radical (unpaired) electrons. The predicted molar refractivity (Wildman–Crippen MR) is 103 cm³/mol. The second kappa shape index (κ2) is 8.82. The number of nitrogens with one attached hydrogen (secondary N) is 1. The quantitative estimate of drug-likeness (QED) is 0.522. The van der Waals surface area contributed by atoms with Crippen LogP contribution in [0.4, 0.5) is 5.13 Å². The highest BCUT2D eigenvalue weighted by atomic mass is 79.9. The lowest BCUT2D eigenvalue weighted by molar-refractivity contribution is 0.0958. The van der Waals surface area contributed by atoms with Gasteiger partial charge < -0.3 is 15.2 Å². The number of anilines is 1. The van der Waals surface area contributed by atoms with E-state index in [1.807, 2.05) is 19.9 Å². The standard InChI is InChI=1S/C16H19BrN4O3S/c1-4-11-14(25-16(18)20-11)15(22)21-19-8-9-6-10(17)13(24-5-2)12(7-9)23-3/h6-8H,4-5H2,1-3H3,(H2,18,20)(H,21,22)/b19-8-. The number of hydrogen-bond donors (Lipinski definition) is 2. The van der Waals surface area contributed by atoms with E-state index in [1.165, 1.54) is 6.21 Å². The molecule has 0 aliphatic carbocycles. The Bertz CT molecular complexity index is 792. The van der Waals surface area contributed by atoms with Crippen LogP contribution in [0.1, 0.15) is 34.8 Å². The topological polar surface area (TPSA) is 98.8 Å². The van der Waals surface area contributed by atoms with Gasteiger partial charge >= 0.3 is 0 Å². The van der Waals surface area contributed by atoms with Crippen LogP contribution in [0.5, 0.6) is 11.5 Å². The van der Waals surface area contributed by atoms with Crippen molar-refractivity contribution in [3.8, 4) is 11.5 Å². The number of aromatic nitrogens is 1. The third-order valence-corrected chi connectivity index (χ3v) is 4.69. The molecule has 0 bridgehead atoms. The van der Waals surface area contributed by atoms with Crippen LogP contribution in [-0.4, -0.2) is 30.8 Å². The lowest BCUT2D eigenvalue weighted by Gasteiger charge is -2.11. The normalized spacial score (nSPS) is 10.9. The number of hydrazone groups is 1. The van der Waals surface area contributed by atoms with Crippen LogP contribution < -0.4 is 20.6 Å². The first-order valence-corrected chi connectivity index (χ1v) is 9.19. The Morgan fingerprint density at radius 2 is 2.24 bits per heavy atom. The van der Waals surface area contributed by atoms with Crippen molar-refractivity contribution in [3.05, 3.63) is 32.7 Å². The molecule has 2 rings (SSSR count). The van der Waals surface area contributed by atoms with Crippen molar-refractivity contribution >= 4 is 44.5 Å². The molecule has 25 heavy (non-hydrogen) atoms. The van der Waals surface area contributed by atoms with Crippen LogP contribution in [0.2, 0.25) is 0 Å². The summed E-state index contributed by atoms with van der Waals surface area (Å²) >= 11 is 4.59. The van der Waals surface area contributed by atoms with E-state index < -0.39 is 0 Å². The van der Waals surface area contributed by atoms with Crippen molar-refractivity contribution < 1.29 is 14.3 Å². The minimum absolute atomic E-state index is 0.334. The van der Waals surface area contributed by atoms with Crippen molar-refractivity contribution in [1.29, 1.82) is 0 Å². The van der Waals surface area contributed by atoms with Crippen molar-refractivity contribution in [2.45, 2.75) is 20.3 Å². The fraction of sp³-hybridized carbons (Fsp3) is 0.312. The van der Waals surface area contributed by atoms with Crippen LogP contribution in [-0.2, 0) is 6.42 Å². The van der Waals surface area contributed by atoms with E-state index in [4.69, 9.17) is 15.2 Å². The van der Waals surface area contributed by atoms with E-state index in [-0.39, 0.29) is 5.91 Å². The molecule has 0 fully saturated rings. The lowest BCUT2D eigenvalue weighted by atomic mass is 10.2. The number of rotatable bonds is 7. The second-order valence-electron chi connectivity index (χ2n) is 4.85. The fourth-order valence-corrected chi connectivity index (χ4v) is 3.49. The maximum Gasteiger partial charge on any atom is 0.283 e. The number of carbonyl (C=O) groups excluding carboxylic acids is 1. The highest BCUT2D eigenvalue weighted by Crippen LogP contribution is 2.36. The Hall–Kier alpha value is -2.13. The molecule has 7 nitrogen and oxygen atoms in total. The molecular weight excluding hydrogens is 408 g/mol. The first kappa shape index (κ1) is 19.2. The smallest absolute Gasteiger partial charge is 0.283 e. The molecule has 1 amide bonds. The summed E-state index contributed by atoms with van der Waals surface area (Å²) in [4.78, 5) is 16.8. The zero-order valence-electron chi connectivity index (χ0n) is 14.1. The van der Waals surface area contributed by atoms with Gasteiger partial charge in [0, 0.05) is 0 Å². The number of benzene rings is 1. The molecule has 0 saturated carbocycles. The van der Waals surface area contributed by atoms with E-state index >= 15 is 0 Å². The third-order valence-electron chi connectivity index (χ3n) is 3.18. The average Bonchev–Trinajstić information content (AvgIpc) is 2.98. The number of nitrogen functional groups attached to an aromatic ring is 1. The molecule has 0 aliphatic heterocycles. The summed E-state index contributed by atoms with van der Waals surface area (Å²) in [6.07, 6.45) is 2.15. The first-order valence-electron chi connectivity index (χ1n) is 7.59. The predicted octanol–water partition coefficient (Wildman–Crippen LogP) is 3.22. The van der Waals surface area contributed by atoms with Crippen molar-refractivity contribution in [3.63, 3.8) is 0 Å². The van der Waals surface area contributed by atoms with E-state index in [1.54, 1.807) is 13.2 Å². The number of nitrogens with zero attached hydrogens (tertiary/aromatic N) is 2. The van der Waals surface area contributed by atoms with Crippen LogP contribution in [0.25, 0.3) is 0 Å². The van der Waals surface area contributed by atoms with Gasteiger partial charge in [-0.05, 0) is 47.0 Å². The zero-order valence-corrected chi connectivity index (χ0v) is 16.5. The van der Waals surface area contributed by atoms with Gasteiger partial charge in [0.1, 0.15) is 4.88 Å². The molecule has 1 heterocycles. The summed E-state index contributed by atoms with van der Waals surface area (Å²) < 4.78 is 11.6.